The van der Waals surface area contributed by atoms with Crippen molar-refractivity contribution < 1.29 is 22.1 Å². The van der Waals surface area contributed by atoms with E-state index in [0.717, 1.165) is 0 Å². The number of carbonyl (C=O) groups is 1. The van der Waals surface area contributed by atoms with Crippen LogP contribution in [0.3, 0.4) is 0 Å². The Kier molecular flexibility index (Phi) is 4.87. The molecule has 0 unspecified atom stereocenters. The van der Waals surface area contributed by atoms with Gasteiger partial charge in [0.15, 0.2) is 5.78 Å². The van der Waals surface area contributed by atoms with E-state index in [1.54, 1.807) is 18.2 Å². The van der Waals surface area contributed by atoms with Gasteiger partial charge in [0.25, 0.3) is 0 Å². The Morgan fingerprint density at radius 3 is 2.50 bits per heavy atom. The highest BCUT2D eigenvalue weighted by atomic mass is 79.9. The van der Waals surface area contributed by atoms with Gasteiger partial charge in [-0.2, -0.15) is 8.42 Å². The third-order valence-electron chi connectivity index (χ3n) is 2.84. The molecule has 7 heteroatoms. The molecule has 0 spiro atoms. The van der Waals surface area contributed by atoms with Crippen LogP contribution in [-0.2, 0) is 10.1 Å². The van der Waals surface area contributed by atoms with Gasteiger partial charge in [-0.3, -0.25) is 4.79 Å². The van der Waals surface area contributed by atoms with Gasteiger partial charge in [0.1, 0.15) is 16.4 Å². The number of Topliss-reactive ketones (excluding diaryl/α,β-unsaturated/α-hetero) is 1. The van der Waals surface area contributed by atoms with Crippen molar-refractivity contribution in [1.82, 2.24) is 0 Å². The lowest BCUT2D eigenvalue weighted by molar-refractivity contribution is 0.101. The minimum Gasteiger partial charge on any atom is -0.495 e. The lowest BCUT2D eigenvalue weighted by atomic mass is 10.1. The van der Waals surface area contributed by atoms with Crippen molar-refractivity contribution in [3.8, 4) is 11.5 Å². The second-order valence-electron chi connectivity index (χ2n) is 4.42. The third-order valence-corrected chi connectivity index (χ3v) is 4.60. The molecule has 2 aromatic rings. The molecular formula is C15H13BrO5S. The van der Waals surface area contributed by atoms with Gasteiger partial charge < -0.3 is 8.92 Å². The Morgan fingerprint density at radius 1 is 1.14 bits per heavy atom. The molecule has 0 fully saturated rings. The molecule has 0 atom stereocenters. The van der Waals surface area contributed by atoms with E-state index < -0.39 is 10.1 Å². The predicted octanol–water partition coefficient (Wildman–Crippen LogP) is 3.43. The van der Waals surface area contributed by atoms with Crippen LogP contribution in [-0.4, -0.2) is 21.3 Å². The van der Waals surface area contributed by atoms with Crippen LogP contribution in [0, 0.1) is 0 Å². The summed E-state index contributed by atoms with van der Waals surface area (Å²) >= 11 is 3.21. The van der Waals surface area contributed by atoms with E-state index in [1.807, 2.05) is 0 Å². The fraction of sp³-hybridized carbons (Fsp3) is 0.133. The standard InChI is InChI=1S/C15H13BrO5S/c1-10(17)11-4-3-5-13(8-11)21-22(18,19)15-9-12(16)6-7-14(15)20-2/h3-9H,1-2H3. The van der Waals surface area contributed by atoms with Crippen molar-refractivity contribution in [1.29, 1.82) is 0 Å². The van der Waals surface area contributed by atoms with Crippen LogP contribution in [0.5, 0.6) is 11.5 Å². The number of ether oxygens (including phenoxy) is 1. The van der Waals surface area contributed by atoms with E-state index >= 15 is 0 Å². The van der Waals surface area contributed by atoms with E-state index in [4.69, 9.17) is 8.92 Å². The summed E-state index contributed by atoms with van der Waals surface area (Å²) in [5.74, 6) is 0.0588. The van der Waals surface area contributed by atoms with Crippen molar-refractivity contribution in [2.24, 2.45) is 0 Å². The molecule has 0 heterocycles. The highest BCUT2D eigenvalue weighted by Gasteiger charge is 2.22. The zero-order valence-electron chi connectivity index (χ0n) is 11.9. The van der Waals surface area contributed by atoms with Gasteiger partial charge in [0.05, 0.1) is 7.11 Å². The van der Waals surface area contributed by atoms with Crippen LogP contribution in [0.1, 0.15) is 17.3 Å². The number of benzene rings is 2. The molecule has 22 heavy (non-hydrogen) atoms. The number of hydrogen-bond donors (Lipinski definition) is 0. The molecule has 0 aromatic heterocycles. The van der Waals surface area contributed by atoms with Crippen molar-refractivity contribution in [3.05, 3.63) is 52.5 Å². The van der Waals surface area contributed by atoms with Crippen LogP contribution < -0.4 is 8.92 Å². The van der Waals surface area contributed by atoms with Crippen molar-refractivity contribution in [2.45, 2.75) is 11.8 Å². The molecule has 0 saturated carbocycles. The average Bonchev–Trinajstić information content (AvgIpc) is 2.47. The highest BCUT2D eigenvalue weighted by molar-refractivity contribution is 9.10. The quantitative estimate of drug-likeness (QED) is 0.583. The van der Waals surface area contributed by atoms with Gasteiger partial charge >= 0.3 is 10.1 Å². The summed E-state index contributed by atoms with van der Waals surface area (Å²) in [6.07, 6.45) is 0. The zero-order valence-corrected chi connectivity index (χ0v) is 14.3. The maximum absolute atomic E-state index is 12.4. The molecule has 0 saturated heterocycles. The summed E-state index contributed by atoms with van der Waals surface area (Å²) in [7, 11) is -2.71. The molecular weight excluding hydrogens is 372 g/mol. The van der Waals surface area contributed by atoms with Crippen LogP contribution in [0.4, 0.5) is 0 Å². The van der Waals surface area contributed by atoms with Crippen LogP contribution >= 0.6 is 15.9 Å². The first-order valence-electron chi connectivity index (χ1n) is 6.22. The Bertz CT molecular complexity index is 814. The molecule has 2 aromatic carbocycles. The Hall–Kier alpha value is -1.86. The van der Waals surface area contributed by atoms with Crippen molar-refractivity contribution >= 4 is 31.8 Å². The highest BCUT2D eigenvalue weighted by Crippen LogP contribution is 2.29. The van der Waals surface area contributed by atoms with Gasteiger partial charge in [-0.25, -0.2) is 0 Å². The van der Waals surface area contributed by atoms with Gasteiger partial charge in [0.2, 0.25) is 0 Å². The zero-order chi connectivity index (χ0) is 16.3. The number of methoxy groups -OCH3 is 1. The molecule has 0 aliphatic heterocycles. The SMILES string of the molecule is COc1ccc(Br)cc1S(=O)(=O)Oc1cccc(C(C)=O)c1. The molecule has 0 radical (unpaired) electrons. The fourth-order valence-corrected chi connectivity index (χ4v) is 3.41. The first-order valence-corrected chi connectivity index (χ1v) is 8.42. The Labute approximate surface area is 137 Å². The molecule has 0 aliphatic rings. The molecule has 5 nitrogen and oxygen atoms in total. The summed E-state index contributed by atoms with van der Waals surface area (Å²) in [5.41, 5.74) is 0.369. The molecule has 116 valence electrons. The van der Waals surface area contributed by atoms with Gasteiger partial charge in [0, 0.05) is 10.0 Å². The largest absolute Gasteiger partial charge is 0.495 e. The van der Waals surface area contributed by atoms with Crippen LogP contribution in [0.25, 0.3) is 0 Å². The smallest absolute Gasteiger partial charge is 0.342 e. The van der Waals surface area contributed by atoms with Gasteiger partial charge in [-0.05, 0) is 37.3 Å². The molecule has 0 bridgehead atoms. The first kappa shape index (κ1) is 16.5. The number of halogens is 1. The van der Waals surface area contributed by atoms with E-state index in [0.29, 0.717) is 10.0 Å². The van der Waals surface area contributed by atoms with E-state index in [9.17, 15) is 13.2 Å². The molecule has 0 aliphatic carbocycles. The maximum Gasteiger partial charge on any atom is 0.342 e. The first-order chi connectivity index (χ1) is 10.3. The lowest BCUT2D eigenvalue weighted by Crippen LogP contribution is -2.11. The van der Waals surface area contributed by atoms with E-state index in [1.165, 1.54) is 38.3 Å². The topological polar surface area (TPSA) is 69.7 Å². The summed E-state index contributed by atoms with van der Waals surface area (Å²) in [6.45, 7) is 1.39. The summed E-state index contributed by atoms with van der Waals surface area (Å²) < 4.78 is 35.5. The normalized spacial score (nSPS) is 11.0. The maximum atomic E-state index is 12.4. The third kappa shape index (κ3) is 3.66. The number of carbonyl (C=O) groups excluding carboxylic acids is 1. The minimum atomic E-state index is -4.09. The van der Waals surface area contributed by atoms with Crippen LogP contribution in [0.15, 0.2) is 51.8 Å². The number of hydrogen-bond acceptors (Lipinski definition) is 5. The van der Waals surface area contributed by atoms with Crippen LogP contribution in [0.2, 0.25) is 0 Å². The monoisotopic (exact) mass is 384 g/mol. The van der Waals surface area contributed by atoms with Gasteiger partial charge in [-0.1, -0.05) is 28.1 Å². The Balaban J connectivity index is 2.42. The second kappa shape index (κ2) is 6.50. The average molecular weight is 385 g/mol. The molecule has 0 amide bonds. The van der Waals surface area contributed by atoms with E-state index in [-0.39, 0.29) is 22.2 Å². The minimum absolute atomic E-state index is 0.0646. The second-order valence-corrected chi connectivity index (χ2v) is 6.85. The van der Waals surface area contributed by atoms with E-state index in [2.05, 4.69) is 15.9 Å². The van der Waals surface area contributed by atoms with Gasteiger partial charge in [-0.15, -0.1) is 0 Å². The number of ketones is 1. The molecule has 2 rings (SSSR count). The molecule has 0 N–H and O–H groups in total. The predicted molar refractivity (Wildman–Crippen MR) is 85.0 cm³/mol. The Morgan fingerprint density at radius 2 is 1.86 bits per heavy atom. The summed E-state index contributed by atoms with van der Waals surface area (Å²) in [4.78, 5) is 11.2. The lowest BCUT2D eigenvalue weighted by Gasteiger charge is -2.11. The van der Waals surface area contributed by atoms with Crippen molar-refractivity contribution in [2.75, 3.05) is 7.11 Å². The van der Waals surface area contributed by atoms with Crippen molar-refractivity contribution in [3.63, 3.8) is 0 Å². The summed E-state index contributed by atoms with van der Waals surface area (Å²) in [5, 5.41) is 0. The summed E-state index contributed by atoms with van der Waals surface area (Å²) in [6, 6.07) is 10.6. The number of rotatable bonds is 5. The fourth-order valence-electron chi connectivity index (χ4n) is 1.78.